The van der Waals surface area contributed by atoms with Gasteiger partial charge in [0, 0.05) is 11.1 Å². The van der Waals surface area contributed by atoms with Gasteiger partial charge in [0.15, 0.2) is 0 Å². The van der Waals surface area contributed by atoms with Gasteiger partial charge in [0.05, 0.1) is 23.9 Å². The molecule has 1 aromatic carbocycles. The van der Waals surface area contributed by atoms with Crippen LogP contribution >= 0.6 is 0 Å². The van der Waals surface area contributed by atoms with Crippen molar-refractivity contribution in [1.82, 2.24) is 0 Å². The largest absolute Gasteiger partial charge is 0.496 e. The fraction of sp³-hybridized carbons (Fsp3) is 0.389. The van der Waals surface area contributed by atoms with E-state index < -0.39 is 17.2 Å². The van der Waals surface area contributed by atoms with E-state index in [0.29, 0.717) is 16.9 Å². The first-order chi connectivity index (χ1) is 10.4. The third-order valence-electron chi connectivity index (χ3n) is 2.94. The first kappa shape index (κ1) is 18.9. The van der Waals surface area contributed by atoms with Gasteiger partial charge in [-0.25, -0.2) is 4.79 Å². The predicted octanol–water partition coefficient (Wildman–Crippen LogP) is 2.96. The van der Waals surface area contributed by atoms with Gasteiger partial charge in [-0.05, 0) is 39.8 Å². The number of carboxylic acids is 1. The number of hydrogen-bond donors (Lipinski definition) is 3. The summed E-state index contributed by atoms with van der Waals surface area (Å²) < 4.78 is 5.38. The summed E-state index contributed by atoms with van der Waals surface area (Å²) in [5, 5.41) is 28.9. The van der Waals surface area contributed by atoms with Crippen molar-refractivity contribution in [3.8, 4) is 5.75 Å². The number of carboxylic acid groups (broad SMARTS) is 1. The maximum atomic E-state index is 11.3. The monoisotopic (exact) mass is 320 g/mol. The lowest BCUT2D eigenvalue weighted by molar-refractivity contribution is 0.0696. The molecule has 0 aliphatic rings. The molecular weight excluding hydrogens is 296 g/mol. The highest BCUT2D eigenvalue weighted by atomic mass is 16.5. The highest BCUT2D eigenvalue weighted by Crippen LogP contribution is 2.29. The Hall–Kier alpha value is -2.11. The number of aromatic carboxylic acids is 1. The zero-order chi connectivity index (χ0) is 17.8. The molecule has 0 aliphatic heterocycles. The Labute approximate surface area is 136 Å². The van der Waals surface area contributed by atoms with Crippen LogP contribution in [0.25, 0.3) is 12.2 Å². The number of methoxy groups -OCH3 is 1. The fourth-order valence-corrected chi connectivity index (χ4v) is 1.87. The van der Waals surface area contributed by atoms with Crippen molar-refractivity contribution in [2.45, 2.75) is 38.9 Å². The van der Waals surface area contributed by atoms with Crippen LogP contribution < -0.4 is 4.74 Å². The van der Waals surface area contributed by atoms with Gasteiger partial charge in [-0.1, -0.05) is 24.3 Å². The van der Waals surface area contributed by atoms with E-state index in [9.17, 15) is 20.1 Å². The second-order valence-electron chi connectivity index (χ2n) is 6.47. The van der Waals surface area contributed by atoms with E-state index in [0.717, 1.165) is 0 Å². The van der Waals surface area contributed by atoms with Gasteiger partial charge in [0.25, 0.3) is 0 Å². The van der Waals surface area contributed by atoms with Crippen LogP contribution in [0.4, 0.5) is 0 Å². The first-order valence-corrected chi connectivity index (χ1v) is 7.21. The van der Waals surface area contributed by atoms with Crippen LogP contribution in [0.2, 0.25) is 0 Å². The topological polar surface area (TPSA) is 87.0 Å². The van der Waals surface area contributed by atoms with Gasteiger partial charge < -0.3 is 20.1 Å². The molecule has 0 saturated carbocycles. The normalized spacial score (nSPS) is 13.0. The van der Waals surface area contributed by atoms with Crippen molar-refractivity contribution >= 4 is 18.1 Å². The second kappa shape index (κ2) is 6.98. The number of carbonyl (C=O) groups is 1. The molecule has 0 saturated heterocycles. The minimum absolute atomic E-state index is 0.0941. The molecule has 0 aliphatic carbocycles. The lowest BCUT2D eigenvalue weighted by Crippen LogP contribution is -2.14. The molecule has 5 heteroatoms. The Bertz CT molecular complexity index is 583. The van der Waals surface area contributed by atoms with Gasteiger partial charge in [0.2, 0.25) is 0 Å². The summed E-state index contributed by atoms with van der Waals surface area (Å²) in [6.45, 7) is 6.47. The molecule has 0 unspecified atom stereocenters. The third kappa shape index (κ3) is 6.26. The molecule has 1 rings (SSSR count). The lowest BCUT2D eigenvalue weighted by atomic mass is 9.99. The van der Waals surface area contributed by atoms with Gasteiger partial charge >= 0.3 is 5.97 Å². The summed E-state index contributed by atoms with van der Waals surface area (Å²) in [6.07, 6.45) is 6.35. The van der Waals surface area contributed by atoms with E-state index in [1.165, 1.54) is 19.2 Å². The van der Waals surface area contributed by atoms with E-state index in [4.69, 9.17) is 4.74 Å². The van der Waals surface area contributed by atoms with Crippen molar-refractivity contribution < 1.29 is 24.9 Å². The van der Waals surface area contributed by atoms with Crippen molar-refractivity contribution in [2.75, 3.05) is 7.11 Å². The number of benzene rings is 1. The average molecular weight is 320 g/mol. The summed E-state index contributed by atoms with van der Waals surface area (Å²) in [5.74, 6) is -0.598. The standard InChI is InChI=1S/C18H24O5/c1-17(2,21)8-6-12-10-14(16(19)20)11-13(15(12)23-5)7-9-18(3,4)22/h6-11,21-22H,1-5H3,(H,19,20)/b8-6+,9-7+. The van der Waals surface area contributed by atoms with Gasteiger partial charge in [-0.15, -0.1) is 0 Å². The van der Waals surface area contributed by atoms with E-state index >= 15 is 0 Å². The molecule has 5 nitrogen and oxygen atoms in total. The molecule has 3 N–H and O–H groups in total. The van der Waals surface area contributed by atoms with Gasteiger partial charge in [0.1, 0.15) is 5.75 Å². The SMILES string of the molecule is COc1c(/C=C/C(C)(C)O)cc(C(=O)O)cc1/C=C/C(C)(C)O. The quantitative estimate of drug-likeness (QED) is 0.750. The minimum atomic E-state index is -1.07. The van der Waals surface area contributed by atoms with Crippen molar-refractivity contribution in [2.24, 2.45) is 0 Å². The molecule has 126 valence electrons. The number of hydrogen-bond acceptors (Lipinski definition) is 4. The molecule has 0 aromatic heterocycles. The van der Waals surface area contributed by atoms with Crippen LogP contribution in [-0.2, 0) is 0 Å². The van der Waals surface area contributed by atoms with E-state index in [1.807, 2.05) is 0 Å². The van der Waals surface area contributed by atoms with Crippen molar-refractivity contribution in [1.29, 1.82) is 0 Å². The Morgan fingerprint density at radius 1 is 1.00 bits per heavy atom. The van der Waals surface area contributed by atoms with Crippen molar-refractivity contribution in [3.05, 3.63) is 41.0 Å². The smallest absolute Gasteiger partial charge is 0.335 e. The molecule has 0 heterocycles. The summed E-state index contributed by atoms with van der Waals surface area (Å²) in [4.78, 5) is 11.3. The molecule has 0 spiro atoms. The Balaban J connectivity index is 3.50. The average Bonchev–Trinajstić information content (AvgIpc) is 2.40. The van der Waals surface area contributed by atoms with E-state index in [-0.39, 0.29) is 5.56 Å². The number of rotatable bonds is 6. The Morgan fingerprint density at radius 2 is 1.39 bits per heavy atom. The van der Waals surface area contributed by atoms with Crippen LogP contribution in [0.3, 0.4) is 0 Å². The summed E-state index contributed by atoms with van der Waals surface area (Å²) in [5.41, 5.74) is -0.910. The first-order valence-electron chi connectivity index (χ1n) is 7.21. The zero-order valence-electron chi connectivity index (χ0n) is 14.1. The summed E-state index contributed by atoms with van der Waals surface area (Å²) in [6, 6.07) is 2.95. The van der Waals surface area contributed by atoms with Gasteiger partial charge in [-0.2, -0.15) is 0 Å². The molecule has 0 radical (unpaired) electrons. The predicted molar refractivity (Wildman–Crippen MR) is 90.6 cm³/mol. The molecular formula is C18H24O5. The molecule has 1 aromatic rings. The Kier molecular flexibility index (Phi) is 5.75. The minimum Gasteiger partial charge on any atom is -0.496 e. The van der Waals surface area contributed by atoms with E-state index in [1.54, 1.807) is 52.0 Å². The fourth-order valence-electron chi connectivity index (χ4n) is 1.87. The number of aliphatic hydroxyl groups is 2. The molecule has 0 amide bonds. The lowest BCUT2D eigenvalue weighted by Gasteiger charge is -2.15. The zero-order valence-corrected chi connectivity index (χ0v) is 14.1. The summed E-state index contributed by atoms with van der Waals surface area (Å²) in [7, 11) is 1.48. The van der Waals surface area contributed by atoms with Crippen LogP contribution in [0.1, 0.15) is 49.2 Å². The molecule has 0 bridgehead atoms. The maximum absolute atomic E-state index is 11.3. The third-order valence-corrected chi connectivity index (χ3v) is 2.94. The highest BCUT2D eigenvalue weighted by Gasteiger charge is 2.15. The maximum Gasteiger partial charge on any atom is 0.335 e. The molecule has 0 fully saturated rings. The van der Waals surface area contributed by atoms with Crippen LogP contribution in [-0.4, -0.2) is 39.6 Å². The molecule has 0 atom stereocenters. The van der Waals surface area contributed by atoms with Crippen LogP contribution in [0, 0.1) is 0 Å². The van der Waals surface area contributed by atoms with Crippen LogP contribution in [0.15, 0.2) is 24.3 Å². The van der Waals surface area contributed by atoms with Crippen LogP contribution in [0.5, 0.6) is 5.75 Å². The molecule has 23 heavy (non-hydrogen) atoms. The van der Waals surface area contributed by atoms with Crippen molar-refractivity contribution in [3.63, 3.8) is 0 Å². The summed E-state index contributed by atoms with van der Waals surface area (Å²) >= 11 is 0. The van der Waals surface area contributed by atoms with E-state index in [2.05, 4.69) is 0 Å². The highest BCUT2D eigenvalue weighted by molar-refractivity contribution is 5.90. The number of ether oxygens (including phenoxy) is 1. The van der Waals surface area contributed by atoms with Gasteiger partial charge in [-0.3, -0.25) is 0 Å². The second-order valence-corrected chi connectivity index (χ2v) is 6.47. The Morgan fingerprint density at radius 3 is 1.65 bits per heavy atom.